The van der Waals surface area contributed by atoms with Gasteiger partial charge in [0, 0.05) is 48.1 Å². The predicted molar refractivity (Wildman–Crippen MR) is 163 cm³/mol. The maximum absolute atomic E-state index is 13.2. The molecule has 2 aliphatic rings. The molecule has 2 atom stereocenters. The van der Waals surface area contributed by atoms with E-state index in [9.17, 15) is 27.6 Å². The number of nitrogens with zero attached hydrogens (tertiary/aromatic N) is 1. The molecule has 1 saturated heterocycles. The maximum atomic E-state index is 13.2. The first-order valence-corrected chi connectivity index (χ1v) is 14.0. The van der Waals surface area contributed by atoms with E-state index in [-0.39, 0.29) is 29.6 Å². The Morgan fingerprint density at radius 3 is 2.24 bits per heavy atom. The van der Waals surface area contributed by atoms with Crippen LogP contribution in [0, 0.1) is 0 Å². The summed E-state index contributed by atoms with van der Waals surface area (Å²) in [7, 11) is 1.23. The van der Waals surface area contributed by atoms with E-state index in [1.165, 1.54) is 7.11 Å². The first kappa shape index (κ1) is 33.5. The van der Waals surface area contributed by atoms with Crippen molar-refractivity contribution in [3.05, 3.63) is 89.5 Å². The van der Waals surface area contributed by atoms with Crippen LogP contribution in [0.3, 0.4) is 0 Å². The Bertz CT molecular complexity index is 1640. The monoisotopic (exact) mass is 640 g/mol. The highest BCUT2D eigenvalue weighted by molar-refractivity contribution is 6.37. The number of amides is 2. The number of ether oxygens (including phenoxy) is 2. The zero-order chi connectivity index (χ0) is 33.6. The second kappa shape index (κ2) is 14.2. The van der Waals surface area contributed by atoms with Crippen LogP contribution in [0.15, 0.2) is 72.8 Å². The average molecular weight is 641 g/mol. The molecule has 0 aromatic heterocycles. The number of fused-ring (bicyclic) bond motifs is 1. The van der Waals surface area contributed by atoms with Crippen molar-refractivity contribution >= 4 is 46.6 Å². The number of piperazine rings is 1. The highest BCUT2D eigenvalue weighted by atomic mass is 19.4. The third-order valence-corrected chi connectivity index (χ3v) is 7.08. The molecule has 46 heavy (non-hydrogen) atoms. The highest BCUT2D eigenvalue weighted by Gasteiger charge is 2.38. The molecule has 0 aliphatic carbocycles. The SMILES string of the molecule is COC(=O)Oc1ccc2c(c1)NC(=O)/C2=C(\Nc1ccc(C(=O)N2C[C@H](C)NC[C@H]2C)cc1)c1ccccc1.O=C(O)C(F)(F)F. The van der Waals surface area contributed by atoms with E-state index >= 15 is 0 Å². The summed E-state index contributed by atoms with van der Waals surface area (Å²) >= 11 is 0. The molecule has 0 radical (unpaired) electrons. The quantitative estimate of drug-likeness (QED) is 0.168. The van der Waals surface area contributed by atoms with Gasteiger partial charge in [0.1, 0.15) is 5.75 Å². The summed E-state index contributed by atoms with van der Waals surface area (Å²) in [5.41, 5.74) is 4.39. The molecule has 4 N–H and O–H groups in total. The Morgan fingerprint density at radius 2 is 1.63 bits per heavy atom. The minimum Gasteiger partial charge on any atom is -0.475 e. The molecule has 0 unspecified atom stereocenters. The van der Waals surface area contributed by atoms with E-state index in [0.29, 0.717) is 34.6 Å². The van der Waals surface area contributed by atoms with Gasteiger partial charge < -0.3 is 35.4 Å². The smallest absolute Gasteiger partial charge is 0.475 e. The van der Waals surface area contributed by atoms with Crippen LogP contribution in [-0.4, -0.2) is 72.4 Å². The van der Waals surface area contributed by atoms with Gasteiger partial charge in [-0.15, -0.1) is 0 Å². The molecule has 242 valence electrons. The van der Waals surface area contributed by atoms with Crippen molar-refractivity contribution in [1.82, 2.24) is 10.2 Å². The third-order valence-electron chi connectivity index (χ3n) is 7.08. The Labute approximate surface area is 262 Å². The summed E-state index contributed by atoms with van der Waals surface area (Å²) in [6.45, 7) is 5.54. The second-order valence-corrected chi connectivity index (χ2v) is 10.5. The van der Waals surface area contributed by atoms with Crippen LogP contribution in [0.4, 0.5) is 29.3 Å². The van der Waals surface area contributed by atoms with Crippen LogP contribution >= 0.6 is 0 Å². The van der Waals surface area contributed by atoms with Crippen molar-refractivity contribution in [2.75, 3.05) is 30.8 Å². The molecule has 11 nitrogen and oxygen atoms in total. The van der Waals surface area contributed by atoms with Crippen LogP contribution in [0.2, 0.25) is 0 Å². The Balaban J connectivity index is 0.000000617. The molecule has 2 heterocycles. The molecule has 0 bridgehead atoms. The van der Waals surface area contributed by atoms with Gasteiger partial charge in [0.05, 0.1) is 24.1 Å². The van der Waals surface area contributed by atoms with Gasteiger partial charge in [-0.05, 0) is 55.8 Å². The number of carboxylic acids is 1. The topological polar surface area (TPSA) is 146 Å². The molecule has 14 heteroatoms. The van der Waals surface area contributed by atoms with E-state index in [0.717, 1.165) is 17.8 Å². The van der Waals surface area contributed by atoms with Gasteiger partial charge in [-0.3, -0.25) is 9.59 Å². The van der Waals surface area contributed by atoms with Crippen LogP contribution in [0.25, 0.3) is 11.3 Å². The Hall–Kier alpha value is -5.37. The van der Waals surface area contributed by atoms with Crippen molar-refractivity contribution in [3.63, 3.8) is 0 Å². The van der Waals surface area contributed by atoms with Gasteiger partial charge in [-0.2, -0.15) is 13.2 Å². The van der Waals surface area contributed by atoms with Crippen LogP contribution in [0.1, 0.15) is 35.3 Å². The number of anilines is 2. The lowest BCUT2D eigenvalue weighted by Gasteiger charge is -2.37. The second-order valence-electron chi connectivity index (χ2n) is 10.5. The van der Waals surface area contributed by atoms with E-state index < -0.39 is 18.3 Å². The predicted octanol–water partition coefficient (Wildman–Crippen LogP) is 5.22. The van der Waals surface area contributed by atoms with Crippen LogP contribution in [-0.2, 0) is 14.3 Å². The molecule has 2 aliphatic heterocycles. The molecule has 0 spiro atoms. The lowest BCUT2D eigenvalue weighted by atomic mass is 9.99. The fourth-order valence-corrected chi connectivity index (χ4v) is 4.80. The van der Waals surface area contributed by atoms with Crippen molar-refractivity contribution in [3.8, 4) is 5.75 Å². The standard InChI is InChI=1S/C30H30N4O5.C2HF3O2/c1-18-17-34(19(2)16-31-18)29(36)21-9-11-22(12-10-21)32-27(20-7-5-4-6-8-20)26-24-14-13-23(39-30(37)38-3)15-25(24)33-28(26)35;3-2(4,5)1(6)7/h4-15,18-19,31-32H,16-17H2,1-3H3,(H,33,35);(H,6,7)/b27-26-;/t18-,19+;/m0./s1. The number of rotatable bonds is 5. The normalized spacial score (nSPS) is 18.3. The molecule has 2 amide bonds. The molecule has 0 saturated carbocycles. The molecule has 5 rings (SSSR count). The number of aliphatic carboxylic acids is 1. The lowest BCUT2D eigenvalue weighted by molar-refractivity contribution is -0.192. The molecule has 3 aromatic carbocycles. The van der Waals surface area contributed by atoms with Crippen molar-refractivity contribution in [2.24, 2.45) is 0 Å². The van der Waals surface area contributed by atoms with Gasteiger partial charge >= 0.3 is 18.3 Å². The van der Waals surface area contributed by atoms with Crippen molar-refractivity contribution < 1.29 is 46.9 Å². The van der Waals surface area contributed by atoms with Gasteiger partial charge in [0.25, 0.3) is 11.8 Å². The van der Waals surface area contributed by atoms with Crippen molar-refractivity contribution in [1.29, 1.82) is 0 Å². The van der Waals surface area contributed by atoms with E-state index in [1.807, 2.05) is 54.3 Å². The number of hydrogen-bond acceptors (Lipinski definition) is 8. The molecular formula is C32H31F3N4O7. The summed E-state index contributed by atoms with van der Waals surface area (Å²) in [6.07, 6.45) is -5.93. The number of nitrogens with one attached hydrogen (secondary N) is 3. The number of alkyl halides is 3. The number of carboxylic acid groups (broad SMARTS) is 1. The van der Waals surface area contributed by atoms with E-state index in [1.54, 1.807) is 30.3 Å². The molecule has 3 aromatic rings. The summed E-state index contributed by atoms with van der Waals surface area (Å²) in [6, 6.07) is 22.1. The van der Waals surface area contributed by atoms with Crippen molar-refractivity contribution in [2.45, 2.75) is 32.1 Å². The number of carbonyl (C=O) groups is 4. The summed E-state index contributed by atoms with van der Waals surface area (Å²) in [5, 5.41) is 16.8. The number of carbonyl (C=O) groups excluding carboxylic acids is 3. The fraction of sp³-hybridized carbons (Fsp3) is 0.250. The largest absolute Gasteiger partial charge is 0.513 e. The lowest BCUT2D eigenvalue weighted by Crippen LogP contribution is -2.56. The van der Waals surface area contributed by atoms with Gasteiger partial charge in [0.2, 0.25) is 0 Å². The number of benzene rings is 3. The fourth-order valence-electron chi connectivity index (χ4n) is 4.80. The maximum Gasteiger partial charge on any atom is 0.513 e. The first-order valence-electron chi connectivity index (χ1n) is 14.0. The zero-order valence-corrected chi connectivity index (χ0v) is 25.0. The summed E-state index contributed by atoms with van der Waals surface area (Å²) < 4.78 is 41.4. The highest BCUT2D eigenvalue weighted by Crippen LogP contribution is 2.39. The average Bonchev–Trinajstić information content (AvgIpc) is 3.35. The molecular weight excluding hydrogens is 609 g/mol. The Morgan fingerprint density at radius 1 is 0.978 bits per heavy atom. The van der Waals surface area contributed by atoms with Crippen LogP contribution in [0.5, 0.6) is 5.75 Å². The molecule has 1 fully saturated rings. The minimum absolute atomic E-state index is 0.00175. The number of hydrogen-bond donors (Lipinski definition) is 4. The zero-order valence-electron chi connectivity index (χ0n) is 25.0. The van der Waals surface area contributed by atoms with Gasteiger partial charge in [-0.1, -0.05) is 30.3 Å². The van der Waals surface area contributed by atoms with Gasteiger partial charge in [-0.25, -0.2) is 9.59 Å². The van der Waals surface area contributed by atoms with Crippen LogP contribution < -0.4 is 20.7 Å². The number of halogens is 3. The first-order chi connectivity index (χ1) is 21.8. The van der Waals surface area contributed by atoms with E-state index in [4.69, 9.17) is 14.6 Å². The van der Waals surface area contributed by atoms with E-state index in [2.05, 4.69) is 27.6 Å². The minimum atomic E-state index is -5.08. The number of methoxy groups -OCH3 is 1. The summed E-state index contributed by atoms with van der Waals surface area (Å²) in [4.78, 5) is 48.7. The van der Waals surface area contributed by atoms with Gasteiger partial charge in [0.15, 0.2) is 0 Å². The Kier molecular flexibility index (Phi) is 10.3. The summed E-state index contributed by atoms with van der Waals surface area (Å²) in [5.74, 6) is -2.80. The third kappa shape index (κ3) is 8.01.